The van der Waals surface area contributed by atoms with Crippen LogP contribution in [0.2, 0.25) is 0 Å². The van der Waals surface area contributed by atoms with Crippen LogP contribution in [-0.4, -0.2) is 48.2 Å². The Morgan fingerprint density at radius 1 is 1.17 bits per heavy atom. The number of ether oxygens (including phenoxy) is 3. The van der Waals surface area contributed by atoms with E-state index in [1.54, 1.807) is 31.7 Å². The second kappa shape index (κ2) is 10.1. The molecule has 0 bridgehead atoms. The molecular weight excluding hydrogens is 374 g/mol. The van der Waals surface area contributed by atoms with Gasteiger partial charge in [0, 0.05) is 12.1 Å². The molecular formula is C22H29NO6. The summed E-state index contributed by atoms with van der Waals surface area (Å²) in [7, 11) is 1.26. The quantitative estimate of drug-likeness (QED) is 0.410. The number of carbonyl (C=O) groups is 3. The highest BCUT2D eigenvalue weighted by Gasteiger charge is 2.32. The fourth-order valence-corrected chi connectivity index (χ4v) is 3.02. The molecule has 1 amide bonds. The van der Waals surface area contributed by atoms with Gasteiger partial charge in [-0.25, -0.2) is 9.59 Å². The summed E-state index contributed by atoms with van der Waals surface area (Å²) in [6.45, 7) is 6.06. The van der Waals surface area contributed by atoms with Gasteiger partial charge in [-0.3, -0.25) is 4.79 Å². The maximum atomic E-state index is 12.4. The Bertz CT molecular complexity index is 750. The maximum absolute atomic E-state index is 12.4. The highest BCUT2D eigenvalue weighted by molar-refractivity contribution is 5.94. The molecule has 1 aliphatic heterocycles. The summed E-state index contributed by atoms with van der Waals surface area (Å²) in [6.07, 6.45) is 2.42. The van der Waals surface area contributed by atoms with E-state index in [-0.39, 0.29) is 24.6 Å². The predicted molar refractivity (Wildman–Crippen MR) is 107 cm³/mol. The zero-order valence-electron chi connectivity index (χ0n) is 17.5. The first-order valence-electron chi connectivity index (χ1n) is 9.68. The van der Waals surface area contributed by atoms with Crippen LogP contribution in [0.5, 0.6) is 0 Å². The zero-order chi connectivity index (χ0) is 21.4. The van der Waals surface area contributed by atoms with E-state index < -0.39 is 23.6 Å². The number of amides is 1. The summed E-state index contributed by atoms with van der Waals surface area (Å²) in [5.74, 6) is -1.15. The molecule has 158 valence electrons. The number of hydrogen-bond donors (Lipinski definition) is 0. The lowest BCUT2D eigenvalue weighted by Crippen LogP contribution is -2.39. The van der Waals surface area contributed by atoms with Gasteiger partial charge in [0.1, 0.15) is 12.2 Å². The van der Waals surface area contributed by atoms with Gasteiger partial charge in [-0.05, 0) is 39.2 Å². The van der Waals surface area contributed by atoms with E-state index in [1.165, 1.54) is 7.11 Å². The lowest BCUT2D eigenvalue weighted by molar-refractivity contribution is -0.146. The van der Waals surface area contributed by atoms with Gasteiger partial charge in [0.05, 0.1) is 19.6 Å². The van der Waals surface area contributed by atoms with Crippen LogP contribution in [0.25, 0.3) is 0 Å². The van der Waals surface area contributed by atoms with Gasteiger partial charge in [0.2, 0.25) is 0 Å². The van der Waals surface area contributed by atoms with Crippen molar-refractivity contribution in [1.82, 2.24) is 4.90 Å². The summed E-state index contributed by atoms with van der Waals surface area (Å²) in [5, 5.41) is 0. The Hall–Kier alpha value is -2.83. The Morgan fingerprint density at radius 3 is 2.48 bits per heavy atom. The Balaban J connectivity index is 2.06. The standard InChI is InChI=1S/C22H29NO6/c1-22(2,3)29-21(26)23-12-8-11-18(23)13-17(20(25)27-4)14-19(24)28-15-16-9-6-5-7-10-16/h5-7,9-10,13,18H,8,11-12,14-15H2,1-4H3/b17-13-/t18-/m0/s1. The molecule has 0 N–H and O–H groups in total. The number of hydrogen-bond acceptors (Lipinski definition) is 6. The van der Waals surface area contributed by atoms with E-state index in [2.05, 4.69) is 0 Å². The molecule has 1 aromatic carbocycles. The first-order valence-corrected chi connectivity index (χ1v) is 9.68. The van der Waals surface area contributed by atoms with Crippen molar-refractivity contribution in [3.05, 3.63) is 47.5 Å². The highest BCUT2D eigenvalue weighted by Crippen LogP contribution is 2.24. The summed E-state index contributed by atoms with van der Waals surface area (Å²) in [4.78, 5) is 38.4. The van der Waals surface area contributed by atoms with Gasteiger partial charge in [0.25, 0.3) is 0 Å². The van der Waals surface area contributed by atoms with Crippen LogP contribution in [-0.2, 0) is 30.4 Å². The molecule has 0 saturated carbocycles. The highest BCUT2D eigenvalue weighted by atomic mass is 16.6. The van der Waals surface area contributed by atoms with Crippen LogP contribution in [0.4, 0.5) is 4.79 Å². The molecule has 7 nitrogen and oxygen atoms in total. The molecule has 0 unspecified atom stereocenters. The van der Waals surface area contributed by atoms with Crippen LogP contribution in [0, 0.1) is 0 Å². The first kappa shape index (κ1) is 22.5. The molecule has 1 fully saturated rings. The fourth-order valence-electron chi connectivity index (χ4n) is 3.02. The summed E-state index contributed by atoms with van der Waals surface area (Å²) in [6, 6.07) is 8.95. The third-order valence-corrected chi connectivity index (χ3v) is 4.35. The summed E-state index contributed by atoms with van der Waals surface area (Å²) < 4.78 is 15.5. The monoisotopic (exact) mass is 403 g/mol. The lowest BCUT2D eigenvalue weighted by atomic mass is 10.1. The number of methoxy groups -OCH3 is 1. The largest absolute Gasteiger partial charge is 0.466 e. The van der Waals surface area contributed by atoms with E-state index >= 15 is 0 Å². The van der Waals surface area contributed by atoms with E-state index in [9.17, 15) is 14.4 Å². The van der Waals surface area contributed by atoms with Gasteiger partial charge in [-0.15, -0.1) is 0 Å². The molecule has 1 aromatic rings. The molecule has 2 rings (SSSR count). The van der Waals surface area contributed by atoms with E-state index in [0.717, 1.165) is 12.0 Å². The van der Waals surface area contributed by atoms with E-state index in [0.29, 0.717) is 13.0 Å². The molecule has 0 aliphatic carbocycles. The van der Waals surface area contributed by atoms with Crippen molar-refractivity contribution >= 4 is 18.0 Å². The van der Waals surface area contributed by atoms with Crippen LogP contribution in [0.3, 0.4) is 0 Å². The normalized spacial score (nSPS) is 17.0. The lowest BCUT2D eigenvalue weighted by Gasteiger charge is -2.27. The minimum absolute atomic E-state index is 0.127. The maximum Gasteiger partial charge on any atom is 0.410 e. The molecule has 0 spiro atoms. The van der Waals surface area contributed by atoms with Crippen LogP contribution in [0.1, 0.15) is 45.6 Å². The first-order chi connectivity index (χ1) is 13.7. The van der Waals surface area contributed by atoms with Gasteiger partial charge < -0.3 is 19.1 Å². The van der Waals surface area contributed by atoms with Gasteiger partial charge in [-0.1, -0.05) is 36.4 Å². The van der Waals surface area contributed by atoms with E-state index in [1.807, 2.05) is 30.3 Å². The van der Waals surface area contributed by atoms with Crippen LogP contribution >= 0.6 is 0 Å². The van der Waals surface area contributed by atoms with Crippen molar-refractivity contribution in [2.45, 2.75) is 58.3 Å². The average Bonchev–Trinajstić information content (AvgIpc) is 3.13. The molecule has 0 radical (unpaired) electrons. The predicted octanol–water partition coefficient (Wildman–Crippen LogP) is 3.62. The van der Waals surface area contributed by atoms with Crippen molar-refractivity contribution in [2.24, 2.45) is 0 Å². The molecule has 29 heavy (non-hydrogen) atoms. The van der Waals surface area contributed by atoms with Gasteiger partial charge >= 0.3 is 18.0 Å². The number of likely N-dealkylation sites (tertiary alicyclic amines) is 1. The Kier molecular flexibility index (Phi) is 7.82. The molecule has 1 aliphatic rings. The minimum atomic E-state index is -0.613. The van der Waals surface area contributed by atoms with Gasteiger partial charge in [-0.2, -0.15) is 0 Å². The number of benzene rings is 1. The number of rotatable bonds is 6. The third kappa shape index (κ3) is 7.25. The third-order valence-electron chi connectivity index (χ3n) is 4.35. The summed E-state index contributed by atoms with van der Waals surface area (Å²) in [5.41, 5.74) is 0.419. The molecule has 1 saturated heterocycles. The Labute approximate surface area is 171 Å². The van der Waals surface area contributed by atoms with Crippen molar-refractivity contribution < 1.29 is 28.6 Å². The average molecular weight is 403 g/mol. The SMILES string of the molecule is COC(=O)/C(=C\[C@@H]1CCCN1C(=O)OC(C)(C)C)CC(=O)OCc1ccccc1. The van der Waals surface area contributed by atoms with E-state index in [4.69, 9.17) is 14.2 Å². The summed E-state index contributed by atoms with van der Waals surface area (Å²) >= 11 is 0. The molecule has 1 atom stereocenters. The van der Waals surface area contributed by atoms with Crippen LogP contribution < -0.4 is 0 Å². The number of esters is 2. The van der Waals surface area contributed by atoms with Crippen molar-refractivity contribution in [3.8, 4) is 0 Å². The second-order valence-corrected chi connectivity index (χ2v) is 7.89. The second-order valence-electron chi connectivity index (χ2n) is 7.89. The van der Waals surface area contributed by atoms with Crippen molar-refractivity contribution in [1.29, 1.82) is 0 Å². The Morgan fingerprint density at radius 2 is 1.86 bits per heavy atom. The van der Waals surface area contributed by atoms with Crippen molar-refractivity contribution in [3.63, 3.8) is 0 Å². The van der Waals surface area contributed by atoms with Crippen LogP contribution in [0.15, 0.2) is 42.0 Å². The molecule has 1 heterocycles. The zero-order valence-corrected chi connectivity index (χ0v) is 17.5. The topological polar surface area (TPSA) is 82.1 Å². The molecule has 0 aromatic heterocycles. The number of nitrogens with zero attached hydrogens (tertiary/aromatic N) is 1. The number of carbonyl (C=O) groups excluding carboxylic acids is 3. The smallest absolute Gasteiger partial charge is 0.410 e. The van der Waals surface area contributed by atoms with Crippen molar-refractivity contribution in [2.75, 3.05) is 13.7 Å². The minimum Gasteiger partial charge on any atom is -0.466 e. The fraction of sp³-hybridized carbons (Fsp3) is 0.500. The van der Waals surface area contributed by atoms with Gasteiger partial charge in [0.15, 0.2) is 0 Å². The molecule has 7 heteroatoms.